The zero-order chi connectivity index (χ0) is 17.5. The number of nitrogens with zero attached hydrogens (tertiary/aromatic N) is 2. The summed E-state index contributed by atoms with van der Waals surface area (Å²) in [6, 6.07) is 10.7. The molecule has 1 heterocycles. The molecule has 126 valence electrons. The van der Waals surface area contributed by atoms with Gasteiger partial charge in [0.15, 0.2) is 0 Å². The van der Waals surface area contributed by atoms with Gasteiger partial charge in [-0.05, 0) is 44.2 Å². The molecular weight excluding hydrogens is 304 g/mol. The van der Waals surface area contributed by atoms with Crippen LogP contribution in [0.5, 0.6) is 0 Å². The SMILES string of the molecule is CCN(CC)c1ccnc(C(=O)Nc2cccc(NC(C)=O)c2)c1. The van der Waals surface area contributed by atoms with Gasteiger partial charge in [-0.15, -0.1) is 0 Å². The summed E-state index contributed by atoms with van der Waals surface area (Å²) in [5, 5.41) is 5.49. The number of carbonyl (C=O) groups excluding carboxylic acids is 2. The molecule has 0 aliphatic carbocycles. The summed E-state index contributed by atoms with van der Waals surface area (Å²) < 4.78 is 0. The minimum absolute atomic E-state index is 0.160. The number of anilines is 3. The summed E-state index contributed by atoms with van der Waals surface area (Å²) in [7, 11) is 0. The molecule has 0 unspecified atom stereocenters. The minimum atomic E-state index is -0.288. The van der Waals surface area contributed by atoms with Gasteiger partial charge in [-0.2, -0.15) is 0 Å². The molecule has 0 bridgehead atoms. The van der Waals surface area contributed by atoms with E-state index >= 15 is 0 Å². The average Bonchev–Trinajstić information content (AvgIpc) is 2.56. The van der Waals surface area contributed by atoms with E-state index in [1.807, 2.05) is 6.07 Å². The van der Waals surface area contributed by atoms with Gasteiger partial charge in [-0.25, -0.2) is 0 Å². The molecular formula is C18H22N4O2. The zero-order valence-corrected chi connectivity index (χ0v) is 14.2. The molecule has 1 aromatic carbocycles. The molecule has 2 rings (SSSR count). The Labute approximate surface area is 141 Å². The predicted molar refractivity (Wildman–Crippen MR) is 96.5 cm³/mol. The Bertz CT molecular complexity index is 726. The summed E-state index contributed by atoms with van der Waals surface area (Å²) in [4.78, 5) is 29.8. The molecule has 0 aliphatic heterocycles. The third kappa shape index (κ3) is 4.55. The minimum Gasteiger partial charge on any atom is -0.372 e. The van der Waals surface area contributed by atoms with Crippen molar-refractivity contribution in [2.24, 2.45) is 0 Å². The van der Waals surface area contributed by atoms with Crippen LogP contribution in [0.25, 0.3) is 0 Å². The van der Waals surface area contributed by atoms with Crippen LogP contribution in [0.15, 0.2) is 42.6 Å². The van der Waals surface area contributed by atoms with E-state index in [1.165, 1.54) is 6.92 Å². The first kappa shape index (κ1) is 17.5. The molecule has 0 fully saturated rings. The highest BCUT2D eigenvalue weighted by atomic mass is 16.2. The molecule has 2 amide bonds. The smallest absolute Gasteiger partial charge is 0.274 e. The maximum absolute atomic E-state index is 12.4. The van der Waals surface area contributed by atoms with E-state index in [1.54, 1.807) is 36.5 Å². The fourth-order valence-corrected chi connectivity index (χ4v) is 2.40. The Hall–Kier alpha value is -2.89. The van der Waals surface area contributed by atoms with Crippen molar-refractivity contribution in [1.29, 1.82) is 0 Å². The third-order valence-electron chi connectivity index (χ3n) is 3.55. The van der Waals surface area contributed by atoms with Crippen LogP contribution in [0, 0.1) is 0 Å². The molecule has 0 saturated carbocycles. The molecule has 24 heavy (non-hydrogen) atoms. The number of carbonyl (C=O) groups is 2. The molecule has 0 radical (unpaired) electrons. The van der Waals surface area contributed by atoms with Crippen LogP contribution in [0.2, 0.25) is 0 Å². The van der Waals surface area contributed by atoms with E-state index < -0.39 is 0 Å². The normalized spacial score (nSPS) is 10.1. The molecule has 2 N–H and O–H groups in total. The molecule has 0 aliphatic rings. The maximum Gasteiger partial charge on any atom is 0.274 e. The van der Waals surface area contributed by atoms with E-state index in [9.17, 15) is 9.59 Å². The number of hydrogen-bond donors (Lipinski definition) is 2. The van der Waals surface area contributed by atoms with Crippen LogP contribution in [0.3, 0.4) is 0 Å². The zero-order valence-electron chi connectivity index (χ0n) is 14.2. The number of nitrogens with one attached hydrogen (secondary N) is 2. The van der Waals surface area contributed by atoms with E-state index in [2.05, 4.69) is 34.4 Å². The second-order valence-electron chi connectivity index (χ2n) is 5.29. The van der Waals surface area contributed by atoms with Gasteiger partial charge in [0.2, 0.25) is 5.91 Å². The average molecular weight is 326 g/mol. The van der Waals surface area contributed by atoms with Crippen molar-refractivity contribution in [3.05, 3.63) is 48.3 Å². The fourth-order valence-electron chi connectivity index (χ4n) is 2.40. The Morgan fingerprint density at radius 2 is 1.71 bits per heavy atom. The van der Waals surface area contributed by atoms with E-state index in [0.717, 1.165) is 18.8 Å². The third-order valence-corrected chi connectivity index (χ3v) is 3.55. The Kier molecular flexibility index (Phi) is 5.89. The standard InChI is InChI=1S/C18H22N4O2/c1-4-22(5-2)16-9-10-19-17(12-16)18(24)21-15-8-6-7-14(11-15)20-13(3)23/h6-12H,4-5H2,1-3H3,(H,20,23)(H,21,24). The van der Waals surface area contributed by atoms with Crippen molar-refractivity contribution in [2.45, 2.75) is 20.8 Å². The van der Waals surface area contributed by atoms with Crippen LogP contribution in [-0.2, 0) is 4.79 Å². The van der Waals surface area contributed by atoms with Crippen LogP contribution >= 0.6 is 0 Å². The highest BCUT2D eigenvalue weighted by Gasteiger charge is 2.11. The van der Waals surface area contributed by atoms with Crippen molar-refractivity contribution >= 4 is 28.9 Å². The van der Waals surface area contributed by atoms with E-state index in [0.29, 0.717) is 17.1 Å². The van der Waals surface area contributed by atoms with Gasteiger partial charge >= 0.3 is 0 Å². The predicted octanol–water partition coefficient (Wildman–Crippen LogP) is 3.14. The lowest BCUT2D eigenvalue weighted by Gasteiger charge is -2.21. The maximum atomic E-state index is 12.4. The molecule has 0 saturated heterocycles. The molecule has 6 nitrogen and oxygen atoms in total. The Morgan fingerprint density at radius 3 is 2.33 bits per heavy atom. The summed E-state index contributed by atoms with van der Waals surface area (Å²) in [6.45, 7) is 7.29. The van der Waals surface area contributed by atoms with Crippen molar-refractivity contribution in [2.75, 3.05) is 28.6 Å². The summed E-state index contributed by atoms with van der Waals surface area (Å²) in [5.41, 5.74) is 2.54. The lowest BCUT2D eigenvalue weighted by molar-refractivity contribution is -0.114. The number of rotatable bonds is 6. The molecule has 0 atom stereocenters. The van der Waals surface area contributed by atoms with Gasteiger partial charge in [0.25, 0.3) is 5.91 Å². The first-order valence-electron chi connectivity index (χ1n) is 7.93. The van der Waals surface area contributed by atoms with Crippen molar-refractivity contribution in [3.8, 4) is 0 Å². The Morgan fingerprint density at radius 1 is 1.04 bits per heavy atom. The lowest BCUT2D eigenvalue weighted by Crippen LogP contribution is -2.23. The highest BCUT2D eigenvalue weighted by Crippen LogP contribution is 2.18. The van der Waals surface area contributed by atoms with Gasteiger partial charge in [-0.3, -0.25) is 14.6 Å². The van der Waals surface area contributed by atoms with Gasteiger partial charge in [0, 0.05) is 43.3 Å². The monoisotopic (exact) mass is 326 g/mol. The Balaban J connectivity index is 2.15. The number of aromatic nitrogens is 1. The van der Waals surface area contributed by atoms with E-state index in [-0.39, 0.29) is 11.8 Å². The van der Waals surface area contributed by atoms with Gasteiger partial charge in [0.1, 0.15) is 5.69 Å². The van der Waals surface area contributed by atoms with Gasteiger partial charge in [-0.1, -0.05) is 6.07 Å². The van der Waals surface area contributed by atoms with Crippen molar-refractivity contribution < 1.29 is 9.59 Å². The van der Waals surface area contributed by atoms with Gasteiger partial charge in [0.05, 0.1) is 0 Å². The number of benzene rings is 1. The molecule has 0 spiro atoms. The summed E-state index contributed by atoms with van der Waals surface area (Å²) in [5.74, 6) is -0.448. The topological polar surface area (TPSA) is 74.3 Å². The van der Waals surface area contributed by atoms with Crippen LogP contribution < -0.4 is 15.5 Å². The van der Waals surface area contributed by atoms with Gasteiger partial charge < -0.3 is 15.5 Å². The number of hydrogen-bond acceptors (Lipinski definition) is 4. The molecule has 2 aromatic rings. The van der Waals surface area contributed by atoms with Crippen LogP contribution in [-0.4, -0.2) is 29.9 Å². The molecule has 6 heteroatoms. The second kappa shape index (κ2) is 8.10. The summed E-state index contributed by atoms with van der Waals surface area (Å²) in [6.07, 6.45) is 1.64. The van der Waals surface area contributed by atoms with Crippen molar-refractivity contribution in [1.82, 2.24) is 4.98 Å². The second-order valence-corrected chi connectivity index (χ2v) is 5.29. The quantitative estimate of drug-likeness (QED) is 0.855. The van der Waals surface area contributed by atoms with Crippen LogP contribution in [0.4, 0.5) is 17.1 Å². The highest BCUT2D eigenvalue weighted by molar-refractivity contribution is 6.03. The largest absolute Gasteiger partial charge is 0.372 e. The lowest BCUT2D eigenvalue weighted by atomic mass is 10.2. The molecule has 1 aromatic heterocycles. The summed E-state index contributed by atoms with van der Waals surface area (Å²) >= 11 is 0. The fraction of sp³-hybridized carbons (Fsp3) is 0.278. The first-order chi connectivity index (χ1) is 11.5. The van der Waals surface area contributed by atoms with Crippen LogP contribution in [0.1, 0.15) is 31.3 Å². The van der Waals surface area contributed by atoms with E-state index in [4.69, 9.17) is 0 Å². The number of amides is 2. The van der Waals surface area contributed by atoms with Crippen molar-refractivity contribution in [3.63, 3.8) is 0 Å². The first-order valence-corrected chi connectivity index (χ1v) is 7.93. The number of pyridine rings is 1.